The van der Waals surface area contributed by atoms with Crippen molar-refractivity contribution >= 4 is 5.97 Å². The first-order valence-electron chi connectivity index (χ1n) is 8.09. The summed E-state index contributed by atoms with van der Waals surface area (Å²) in [6.07, 6.45) is 6.56. The topological polar surface area (TPSA) is 42.1 Å². The van der Waals surface area contributed by atoms with E-state index in [2.05, 4.69) is 24.8 Å². The van der Waals surface area contributed by atoms with E-state index in [9.17, 15) is 4.79 Å². The van der Waals surface area contributed by atoms with E-state index < -0.39 is 0 Å². The Morgan fingerprint density at radius 1 is 1.43 bits per heavy atom. The number of carbonyl (C=O) groups is 1. The molecular weight excluding hydrogens is 266 g/mol. The number of ether oxygens (including phenoxy) is 2. The van der Waals surface area contributed by atoms with Crippen molar-refractivity contribution in [2.24, 2.45) is 11.8 Å². The van der Waals surface area contributed by atoms with E-state index in [1.165, 1.54) is 5.57 Å². The van der Waals surface area contributed by atoms with Gasteiger partial charge in [-0.25, -0.2) is 0 Å². The van der Waals surface area contributed by atoms with Gasteiger partial charge >= 0.3 is 5.97 Å². The van der Waals surface area contributed by atoms with Gasteiger partial charge in [-0.2, -0.15) is 0 Å². The highest BCUT2D eigenvalue weighted by Crippen LogP contribution is 2.50. The first-order valence-corrected chi connectivity index (χ1v) is 8.09. The molecule has 0 aromatic heterocycles. The van der Waals surface area contributed by atoms with Crippen LogP contribution in [0.25, 0.3) is 0 Å². The number of esters is 1. The summed E-state index contributed by atoms with van der Waals surface area (Å²) >= 11 is 0. The molecule has 2 saturated heterocycles. The number of allylic oxidation sites excluding steroid dienone is 2. The fourth-order valence-electron chi connectivity index (χ4n) is 3.94. The summed E-state index contributed by atoms with van der Waals surface area (Å²) in [6, 6.07) is 0. The van der Waals surface area contributed by atoms with Crippen molar-refractivity contribution in [3.63, 3.8) is 0 Å². The number of epoxide rings is 1. The van der Waals surface area contributed by atoms with Crippen LogP contribution in [0, 0.1) is 11.8 Å². The minimum absolute atomic E-state index is 0.00863. The van der Waals surface area contributed by atoms with Gasteiger partial charge in [0.15, 0.2) is 0 Å². The van der Waals surface area contributed by atoms with E-state index in [1.807, 2.05) is 14.1 Å². The maximum Gasteiger partial charge on any atom is 0.311 e. The predicted octanol–water partition coefficient (Wildman–Crippen LogP) is 2.38. The fourth-order valence-corrected chi connectivity index (χ4v) is 3.94. The average molecular weight is 293 g/mol. The van der Waals surface area contributed by atoms with Crippen LogP contribution >= 0.6 is 0 Å². The molecule has 2 heterocycles. The van der Waals surface area contributed by atoms with E-state index in [-0.39, 0.29) is 35.6 Å². The predicted molar refractivity (Wildman–Crippen MR) is 80.9 cm³/mol. The van der Waals surface area contributed by atoms with E-state index in [4.69, 9.17) is 9.47 Å². The molecule has 0 aromatic rings. The lowest BCUT2D eigenvalue weighted by molar-refractivity contribution is -0.145. The minimum atomic E-state index is -0.0929. The molecule has 4 heteroatoms. The van der Waals surface area contributed by atoms with Crippen LogP contribution in [0.3, 0.4) is 0 Å². The molecule has 118 valence electrons. The van der Waals surface area contributed by atoms with E-state index >= 15 is 0 Å². The Bertz CT molecular complexity index is 459. The molecule has 21 heavy (non-hydrogen) atoms. The highest BCUT2D eigenvalue weighted by atomic mass is 16.6. The van der Waals surface area contributed by atoms with Crippen LogP contribution in [0.2, 0.25) is 0 Å². The van der Waals surface area contributed by atoms with Crippen molar-refractivity contribution in [2.45, 2.75) is 57.3 Å². The summed E-state index contributed by atoms with van der Waals surface area (Å²) in [4.78, 5) is 14.4. The smallest absolute Gasteiger partial charge is 0.311 e. The van der Waals surface area contributed by atoms with Crippen molar-refractivity contribution < 1.29 is 14.3 Å². The summed E-state index contributed by atoms with van der Waals surface area (Å²) in [6.45, 7) is 5.13. The third-order valence-electron chi connectivity index (χ3n) is 5.30. The molecule has 0 aromatic carbocycles. The molecule has 2 fully saturated rings. The average Bonchev–Trinajstić information content (AvgIpc) is 2.97. The molecule has 1 aliphatic carbocycles. The lowest BCUT2D eigenvalue weighted by atomic mass is 9.80. The fraction of sp³-hybridized carbons (Fsp3) is 0.824. The Balaban J connectivity index is 1.83. The third kappa shape index (κ3) is 2.88. The molecule has 0 amide bonds. The number of hydrogen-bond donors (Lipinski definition) is 0. The van der Waals surface area contributed by atoms with Gasteiger partial charge in [0.2, 0.25) is 0 Å². The molecule has 3 aliphatic rings. The summed E-state index contributed by atoms with van der Waals surface area (Å²) < 4.78 is 11.7. The van der Waals surface area contributed by atoms with Crippen molar-refractivity contribution in [1.82, 2.24) is 4.90 Å². The van der Waals surface area contributed by atoms with Gasteiger partial charge in [-0.05, 0) is 53.6 Å². The van der Waals surface area contributed by atoms with E-state index in [0.29, 0.717) is 0 Å². The minimum Gasteiger partial charge on any atom is -0.459 e. The van der Waals surface area contributed by atoms with Crippen LogP contribution in [0.4, 0.5) is 0 Å². The molecule has 3 rings (SSSR count). The molecule has 0 N–H and O–H groups in total. The molecule has 0 spiro atoms. The summed E-state index contributed by atoms with van der Waals surface area (Å²) in [7, 11) is 4.04. The van der Waals surface area contributed by atoms with Gasteiger partial charge in [0.1, 0.15) is 12.2 Å². The van der Waals surface area contributed by atoms with Crippen LogP contribution in [0.1, 0.15) is 39.5 Å². The maximum atomic E-state index is 12.3. The van der Waals surface area contributed by atoms with Crippen LogP contribution in [-0.4, -0.2) is 49.3 Å². The van der Waals surface area contributed by atoms with Gasteiger partial charge in [-0.1, -0.05) is 11.6 Å². The first-order chi connectivity index (χ1) is 9.90. The Labute approximate surface area is 127 Å². The highest BCUT2D eigenvalue weighted by Gasteiger charge is 2.62. The molecule has 2 aliphatic heterocycles. The Kier molecular flexibility index (Phi) is 3.87. The molecule has 0 saturated carbocycles. The van der Waals surface area contributed by atoms with Gasteiger partial charge in [-0.15, -0.1) is 0 Å². The Morgan fingerprint density at radius 2 is 2.19 bits per heavy atom. The summed E-state index contributed by atoms with van der Waals surface area (Å²) in [5.41, 5.74) is 1.34. The van der Waals surface area contributed by atoms with Crippen molar-refractivity contribution in [2.75, 3.05) is 20.6 Å². The summed E-state index contributed by atoms with van der Waals surface area (Å²) in [5, 5.41) is 0. The standard InChI is InChI=1S/C17H27NO3/c1-11-6-5-9-17(2)15(21-17)14-12(8-7-11)13(10-18(3)4)16(19)20-14/h6,12-15H,5,7-10H2,1-4H3/b11-6-/t12-,13-,14-,15?,17+/m0/s1. The second kappa shape index (κ2) is 5.40. The summed E-state index contributed by atoms with van der Waals surface area (Å²) in [5.74, 6) is 0.247. The second-order valence-electron chi connectivity index (χ2n) is 7.41. The van der Waals surface area contributed by atoms with Crippen molar-refractivity contribution in [3.05, 3.63) is 11.6 Å². The van der Waals surface area contributed by atoms with Crippen LogP contribution in [-0.2, 0) is 14.3 Å². The zero-order valence-corrected chi connectivity index (χ0v) is 13.6. The zero-order valence-electron chi connectivity index (χ0n) is 13.6. The van der Waals surface area contributed by atoms with Gasteiger partial charge < -0.3 is 14.4 Å². The van der Waals surface area contributed by atoms with Crippen LogP contribution in [0.15, 0.2) is 11.6 Å². The first kappa shape index (κ1) is 15.0. The SMILES string of the molecule is C/C1=C/CC[C@@]2(C)OC2[C@H]2OC(=O)[C@@H](CN(C)C)[C@@H]2CC1. The highest BCUT2D eigenvalue weighted by molar-refractivity contribution is 5.75. The molecule has 0 radical (unpaired) electrons. The molecule has 4 nitrogen and oxygen atoms in total. The lowest BCUT2D eigenvalue weighted by Gasteiger charge is -2.23. The normalized spacial score (nSPS) is 45.4. The van der Waals surface area contributed by atoms with E-state index in [1.54, 1.807) is 0 Å². The number of carbonyl (C=O) groups excluding carboxylic acids is 1. The van der Waals surface area contributed by atoms with Crippen LogP contribution in [0.5, 0.6) is 0 Å². The number of fused-ring (bicyclic) bond motifs is 3. The monoisotopic (exact) mass is 293 g/mol. The zero-order chi connectivity index (χ0) is 15.2. The number of rotatable bonds is 2. The Morgan fingerprint density at radius 3 is 2.90 bits per heavy atom. The van der Waals surface area contributed by atoms with Crippen LogP contribution < -0.4 is 0 Å². The molecule has 5 atom stereocenters. The molecular formula is C17H27NO3. The third-order valence-corrected chi connectivity index (χ3v) is 5.30. The van der Waals surface area contributed by atoms with Gasteiger partial charge in [0, 0.05) is 12.5 Å². The quantitative estimate of drug-likeness (QED) is 0.445. The number of nitrogens with zero attached hydrogens (tertiary/aromatic N) is 1. The van der Waals surface area contributed by atoms with Crippen molar-refractivity contribution in [1.29, 1.82) is 0 Å². The second-order valence-corrected chi connectivity index (χ2v) is 7.41. The number of hydrogen-bond acceptors (Lipinski definition) is 4. The van der Waals surface area contributed by atoms with Gasteiger partial charge in [-0.3, -0.25) is 4.79 Å². The van der Waals surface area contributed by atoms with Crippen molar-refractivity contribution in [3.8, 4) is 0 Å². The largest absolute Gasteiger partial charge is 0.459 e. The molecule has 1 unspecified atom stereocenters. The van der Waals surface area contributed by atoms with Gasteiger partial charge in [0.25, 0.3) is 0 Å². The Hall–Kier alpha value is -0.870. The van der Waals surface area contributed by atoms with E-state index in [0.717, 1.165) is 32.2 Å². The van der Waals surface area contributed by atoms with Gasteiger partial charge in [0.05, 0.1) is 11.5 Å². The maximum absolute atomic E-state index is 12.3. The molecule has 0 bridgehead atoms. The lowest BCUT2D eigenvalue weighted by Crippen LogP contribution is -2.34.